The lowest BCUT2D eigenvalue weighted by Crippen LogP contribution is -2.36. The average molecular weight is 338 g/mol. The number of carbonyl (C=O) groups excluding carboxylic acids is 2. The number of esters is 1. The van der Waals surface area contributed by atoms with Crippen LogP contribution in [0.3, 0.4) is 0 Å². The van der Waals surface area contributed by atoms with E-state index in [4.69, 9.17) is 4.74 Å². The molecule has 2 rings (SSSR count). The quantitative estimate of drug-likeness (QED) is 0.737. The van der Waals surface area contributed by atoms with Crippen LogP contribution < -0.4 is 5.32 Å². The summed E-state index contributed by atoms with van der Waals surface area (Å²) in [5.74, 6) is 0.0165. The molecule has 1 amide bonds. The molecule has 1 aromatic heterocycles. The first-order chi connectivity index (χ1) is 11.0. The lowest BCUT2D eigenvalue weighted by Gasteiger charge is -2.22. The van der Waals surface area contributed by atoms with Gasteiger partial charge in [0.2, 0.25) is 5.91 Å². The molecule has 1 heterocycles. The van der Waals surface area contributed by atoms with Gasteiger partial charge in [-0.2, -0.15) is 0 Å². The summed E-state index contributed by atoms with van der Waals surface area (Å²) < 4.78 is 5.17. The molecule has 0 aliphatic heterocycles. The van der Waals surface area contributed by atoms with Crippen LogP contribution in [0.4, 0.5) is 5.00 Å². The number of nitrogens with zero attached hydrogens (tertiary/aromatic N) is 1. The maximum Gasteiger partial charge on any atom is 0.341 e. The normalized spacial score (nSPS) is 15.5. The molecule has 1 aliphatic rings. The molecule has 6 heteroatoms. The molecule has 0 saturated heterocycles. The van der Waals surface area contributed by atoms with Gasteiger partial charge in [-0.25, -0.2) is 4.79 Å². The Labute approximate surface area is 142 Å². The van der Waals surface area contributed by atoms with E-state index >= 15 is 0 Å². The summed E-state index contributed by atoms with van der Waals surface area (Å²) in [4.78, 5) is 26.5. The third kappa shape index (κ3) is 4.54. The van der Waals surface area contributed by atoms with E-state index in [0.717, 1.165) is 24.8 Å². The summed E-state index contributed by atoms with van der Waals surface area (Å²) in [6, 6.07) is 0.343. The molecule has 1 saturated carbocycles. The highest BCUT2D eigenvalue weighted by Gasteiger charge is 2.32. The summed E-state index contributed by atoms with van der Waals surface area (Å²) in [6.45, 7) is 6.63. The van der Waals surface area contributed by atoms with Gasteiger partial charge < -0.3 is 10.1 Å². The van der Waals surface area contributed by atoms with Gasteiger partial charge in [-0.3, -0.25) is 9.69 Å². The van der Waals surface area contributed by atoms with Crippen molar-refractivity contribution in [3.8, 4) is 0 Å². The SMILES string of the molecule is CCOC(=O)c1c(C2CC2)csc1NC(=O)CN(C)C(C)CC. The molecule has 5 nitrogen and oxygen atoms in total. The average Bonchev–Trinajstić information content (AvgIpc) is 3.27. The Morgan fingerprint density at radius 2 is 2.13 bits per heavy atom. The van der Waals surface area contributed by atoms with Crippen molar-refractivity contribution in [3.63, 3.8) is 0 Å². The van der Waals surface area contributed by atoms with Crippen molar-refractivity contribution < 1.29 is 14.3 Å². The number of amides is 1. The molecule has 1 unspecified atom stereocenters. The van der Waals surface area contributed by atoms with Gasteiger partial charge in [0.25, 0.3) is 0 Å². The van der Waals surface area contributed by atoms with Crippen molar-refractivity contribution in [3.05, 3.63) is 16.5 Å². The largest absolute Gasteiger partial charge is 0.462 e. The van der Waals surface area contributed by atoms with E-state index in [9.17, 15) is 9.59 Å². The molecule has 128 valence electrons. The number of hydrogen-bond donors (Lipinski definition) is 1. The van der Waals surface area contributed by atoms with E-state index in [1.807, 2.05) is 17.3 Å². The lowest BCUT2D eigenvalue weighted by molar-refractivity contribution is -0.117. The highest BCUT2D eigenvalue weighted by molar-refractivity contribution is 7.15. The Morgan fingerprint density at radius 3 is 2.70 bits per heavy atom. The number of carbonyl (C=O) groups is 2. The highest BCUT2D eigenvalue weighted by atomic mass is 32.1. The molecule has 0 radical (unpaired) electrons. The third-order valence-electron chi connectivity index (χ3n) is 4.31. The summed E-state index contributed by atoms with van der Waals surface area (Å²) in [6.07, 6.45) is 3.20. The first-order valence-corrected chi connectivity index (χ1v) is 9.14. The van der Waals surface area contributed by atoms with Crippen LogP contribution in [0.5, 0.6) is 0 Å². The second-order valence-electron chi connectivity index (χ2n) is 6.11. The van der Waals surface area contributed by atoms with E-state index in [2.05, 4.69) is 19.2 Å². The van der Waals surface area contributed by atoms with Crippen molar-refractivity contribution >= 4 is 28.2 Å². The number of thiophene rings is 1. The minimum atomic E-state index is -0.332. The van der Waals surface area contributed by atoms with Crippen molar-refractivity contribution in [1.82, 2.24) is 4.90 Å². The summed E-state index contributed by atoms with van der Waals surface area (Å²) in [5.41, 5.74) is 1.58. The standard InChI is InChI=1S/C17H26N2O3S/c1-5-11(3)19(4)9-14(20)18-16-15(17(21)22-6-2)13(10-23-16)12-7-8-12/h10-12H,5-9H2,1-4H3,(H,18,20). The van der Waals surface area contributed by atoms with Gasteiger partial charge in [0.15, 0.2) is 0 Å². The van der Waals surface area contributed by atoms with Crippen molar-refractivity contribution in [1.29, 1.82) is 0 Å². The monoisotopic (exact) mass is 338 g/mol. The fraction of sp³-hybridized carbons (Fsp3) is 0.647. The maximum absolute atomic E-state index is 12.3. The van der Waals surface area contributed by atoms with Gasteiger partial charge in [0, 0.05) is 6.04 Å². The van der Waals surface area contributed by atoms with E-state index in [-0.39, 0.29) is 11.9 Å². The van der Waals surface area contributed by atoms with E-state index in [0.29, 0.717) is 35.7 Å². The van der Waals surface area contributed by atoms with Crippen molar-refractivity contribution in [2.24, 2.45) is 0 Å². The minimum absolute atomic E-state index is 0.0949. The number of anilines is 1. The van der Waals surface area contributed by atoms with Crippen LogP contribution in [-0.4, -0.2) is 43.0 Å². The maximum atomic E-state index is 12.3. The zero-order chi connectivity index (χ0) is 17.0. The minimum Gasteiger partial charge on any atom is -0.462 e. The van der Waals surface area contributed by atoms with Gasteiger partial charge >= 0.3 is 5.97 Å². The lowest BCUT2D eigenvalue weighted by atomic mass is 10.1. The molecule has 1 fully saturated rings. The Bertz CT molecular complexity index is 566. The van der Waals surface area contributed by atoms with Crippen LogP contribution in [0.1, 0.15) is 61.9 Å². The number of hydrogen-bond acceptors (Lipinski definition) is 5. The molecule has 1 atom stereocenters. The molecule has 1 N–H and O–H groups in total. The van der Waals surface area contributed by atoms with Crippen molar-refractivity contribution in [2.45, 2.75) is 52.0 Å². The molecule has 0 spiro atoms. The van der Waals surface area contributed by atoms with Gasteiger partial charge in [0.1, 0.15) is 5.00 Å². The molecule has 0 bridgehead atoms. The number of ether oxygens (including phenoxy) is 1. The molecule has 1 aliphatic carbocycles. The van der Waals surface area contributed by atoms with Crippen LogP contribution in [-0.2, 0) is 9.53 Å². The van der Waals surface area contributed by atoms with Crippen LogP contribution >= 0.6 is 11.3 Å². The van der Waals surface area contributed by atoms with E-state index in [1.165, 1.54) is 11.3 Å². The number of rotatable bonds is 8. The predicted octanol–water partition coefficient (Wildman–Crippen LogP) is 3.47. The van der Waals surface area contributed by atoms with Gasteiger partial charge in [-0.05, 0) is 57.0 Å². The molecule has 0 aromatic carbocycles. The second kappa shape index (κ2) is 7.93. The smallest absolute Gasteiger partial charge is 0.341 e. The van der Waals surface area contributed by atoms with Crippen LogP contribution in [0, 0.1) is 0 Å². The molecular formula is C17H26N2O3S. The number of likely N-dealkylation sites (N-methyl/N-ethyl adjacent to an activating group) is 1. The fourth-order valence-corrected chi connectivity index (χ4v) is 3.48. The first-order valence-electron chi connectivity index (χ1n) is 8.26. The Kier molecular flexibility index (Phi) is 6.18. The molecular weight excluding hydrogens is 312 g/mol. The van der Waals surface area contributed by atoms with Gasteiger partial charge in [-0.1, -0.05) is 6.92 Å². The Hall–Kier alpha value is -1.40. The summed E-state index contributed by atoms with van der Waals surface area (Å²) in [7, 11) is 1.93. The first kappa shape index (κ1) is 17.9. The topological polar surface area (TPSA) is 58.6 Å². The Morgan fingerprint density at radius 1 is 1.43 bits per heavy atom. The van der Waals surface area contributed by atoms with Gasteiger partial charge in [-0.15, -0.1) is 11.3 Å². The zero-order valence-electron chi connectivity index (χ0n) is 14.3. The second-order valence-corrected chi connectivity index (χ2v) is 6.99. The van der Waals surface area contributed by atoms with Crippen molar-refractivity contribution in [2.75, 3.05) is 25.5 Å². The molecule has 23 heavy (non-hydrogen) atoms. The highest BCUT2D eigenvalue weighted by Crippen LogP contribution is 2.46. The summed E-state index contributed by atoms with van der Waals surface area (Å²) >= 11 is 1.42. The van der Waals surface area contributed by atoms with Crippen LogP contribution in [0.2, 0.25) is 0 Å². The van der Waals surface area contributed by atoms with E-state index in [1.54, 1.807) is 6.92 Å². The van der Waals surface area contributed by atoms with E-state index < -0.39 is 0 Å². The number of nitrogens with one attached hydrogen (secondary N) is 1. The predicted molar refractivity (Wildman–Crippen MR) is 93.3 cm³/mol. The fourth-order valence-electron chi connectivity index (χ4n) is 2.43. The zero-order valence-corrected chi connectivity index (χ0v) is 15.2. The van der Waals surface area contributed by atoms with Crippen LogP contribution in [0.15, 0.2) is 5.38 Å². The summed E-state index contributed by atoms with van der Waals surface area (Å²) in [5, 5.41) is 5.50. The Balaban J connectivity index is 2.10. The molecule has 1 aromatic rings. The van der Waals surface area contributed by atoms with Gasteiger partial charge in [0.05, 0.1) is 18.7 Å². The van der Waals surface area contributed by atoms with Crippen LogP contribution in [0.25, 0.3) is 0 Å². The third-order valence-corrected chi connectivity index (χ3v) is 5.22.